The third-order valence-electron chi connectivity index (χ3n) is 2.76. The van der Waals surface area contributed by atoms with Crippen LogP contribution in [0.1, 0.15) is 25.7 Å². The SMILES string of the molecule is CN1CCCC1CCOCCCN. The van der Waals surface area contributed by atoms with Gasteiger partial charge in [-0.3, -0.25) is 0 Å². The highest BCUT2D eigenvalue weighted by atomic mass is 16.5. The van der Waals surface area contributed by atoms with Crippen LogP contribution in [0.25, 0.3) is 0 Å². The van der Waals surface area contributed by atoms with Crippen molar-refractivity contribution < 1.29 is 4.74 Å². The fourth-order valence-corrected chi connectivity index (χ4v) is 1.85. The maximum atomic E-state index is 5.48. The monoisotopic (exact) mass is 186 g/mol. The van der Waals surface area contributed by atoms with Gasteiger partial charge in [-0.2, -0.15) is 0 Å². The Labute approximate surface area is 81.2 Å². The Morgan fingerprint density at radius 1 is 1.46 bits per heavy atom. The maximum Gasteiger partial charge on any atom is 0.0480 e. The summed E-state index contributed by atoms with van der Waals surface area (Å²) >= 11 is 0. The summed E-state index contributed by atoms with van der Waals surface area (Å²) in [5, 5.41) is 0. The van der Waals surface area contributed by atoms with Gasteiger partial charge in [0, 0.05) is 19.3 Å². The predicted molar refractivity (Wildman–Crippen MR) is 54.8 cm³/mol. The summed E-state index contributed by atoms with van der Waals surface area (Å²) in [7, 11) is 2.21. The molecule has 0 aromatic heterocycles. The van der Waals surface area contributed by atoms with Crippen LogP contribution >= 0.6 is 0 Å². The van der Waals surface area contributed by atoms with E-state index in [0.29, 0.717) is 0 Å². The zero-order chi connectivity index (χ0) is 9.52. The van der Waals surface area contributed by atoms with Crippen molar-refractivity contribution >= 4 is 0 Å². The summed E-state index contributed by atoms with van der Waals surface area (Å²) in [6.07, 6.45) is 4.86. The molecule has 0 saturated carbocycles. The van der Waals surface area contributed by atoms with Crippen LogP contribution in [0.2, 0.25) is 0 Å². The highest BCUT2D eigenvalue weighted by Crippen LogP contribution is 2.17. The van der Waals surface area contributed by atoms with E-state index in [1.165, 1.54) is 25.8 Å². The Morgan fingerprint density at radius 2 is 2.31 bits per heavy atom. The first-order valence-corrected chi connectivity index (χ1v) is 5.32. The highest BCUT2D eigenvalue weighted by Gasteiger charge is 2.19. The van der Waals surface area contributed by atoms with Gasteiger partial charge < -0.3 is 15.4 Å². The molecule has 0 aliphatic carbocycles. The fourth-order valence-electron chi connectivity index (χ4n) is 1.85. The quantitative estimate of drug-likeness (QED) is 0.625. The van der Waals surface area contributed by atoms with Crippen molar-refractivity contribution in [1.82, 2.24) is 4.90 Å². The molecule has 0 aromatic carbocycles. The number of hydrogen-bond acceptors (Lipinski definition) is 3. The van der Waals surface area contributed by atoms with Crippen molar-refractivity contribution in [3.8, 4) is 0 Å². The van der Waals surface area contributed by atoms with Crippen LogP contribution < -0.4 is 5.73 Å². The first kappa shape index (κ1) is 11.0. The molecule has 1 rings (SSSR count). The first-order valence-electron chi connectivity index (χ1n) is 5.32. The molecule has 0 amide bonds. The third-order valence-corrected chi connectivity index (χ3v) is 2.76. The molecule has 0 bridgehead atoms. The highest BCUT2D eigenvalue weighted by molar-refractivity contribution is 4.75. The van der Waals surface area contributed by atoms with E-state index in [1.54, 1.807) is 0 Å². The largest absolute Gasteiger partial charge is 0.381 e. The second kappa shape index (κ2) is 6.35. The summed E-state index contributed by atoms with van der Waals surface area (Å²) < 4.78 is 5.48. The van der Waals surface area contributed by atoms with E-state index in [9.17, 15) is 0 Å². The molecule has 0 spiro atoms. The van der Waals surface area contributed by atoms with E-state index in [1.807, 2.05) is 0 Å². The molecule has 1 aliphatic rings. The number of nitrogens with zero attached hydrogens (tertiary/aromatic N) is 1. The Kier molecular flexibility index (Phi) is 5.35. The molecule has 1 heterocycles. The van der Waals surface area contributed by atoms with Crippen LogP contribution in [0.3, 0.4) is 0 Å². The zero-order valence-electron chi connectivity index (χ0n) is 8.67. The van der Waals surface area contributed by atoms with Gasteiger partial charge in [0.25, 0.3) is 0 Å². The Morgan fingerprint density at radius 3 is 2.92 bits per heavy atom. The topological polar surface area (TPSA) is 38.5 Å². The van der Waals surface area contributed by atoms with Crippen LogP contribution in [-0.4, -0.2) is 44.3 Å². The molecule has 13 heavy (non-hydrogen) atoms. The summed E-state index contributed by atoms with van der Waals surface area (Å²) in [5.41, 5.74) is 5.37. The summed E-state index contributed by atoms with van der Waals surface area (Å²) in [6.45, 7) is 3.72. The van der Waals surface area contributed by atoms with Crippen molar-refractivity contribution in [3.63, 3.8) is 0 Å². The van der Waals surface area contributed by atoms with E-state index in [-0.39, 0.29) is 0 Å². The van der Waals surface area contributed by atoms with Gasteiger partial charge in [-0.05, 0) is 45.8 Å². The van der Waals surface area contributed by atoms with Crippen molar-refractivity contribution in [2.45, 2.75) is 31.7 Å². The van der Waals surface area contributed by atoms with Crippen molar-refractivity contribution in [1.29, 1.82) is 0 Å². The van der Waals surface area contributed by atoms with Crippen LogP contribution in [0.5, 0.6) is 0 Å². The van der Waals surface area contributed by atoms with Crippen LogP contribution in [0, 0.1) is 0 Å². The molecule has 2 N–H and O–H groups in total. The smallest absolute Gasteiger partial charge is 0.0480 e. The molecule has 1 unspecified atom stereocenters. The van der Waals surface area contributed by atoms with Crippen LogP contribution in [0.4, 0.5) is 0 Å². The Bertz CT molecular complexity index is 130. The molecule has 78 valence electrons. The standard InChI is InChI=1S/C10H22N2O/c1-12-7-2-4-10(12)5-9-13-8-3-6-11/h10H,2-9,11H2,1H3. The molecule has 1 fully saturated rings. The van der Waals surface area contributed by atoms with Gasteiger partial charge in [-0.15, -0.1) is 0 Å². The number of rotatable bonds is 6. The Balaban J connectivity index is 1.93. The molecule has 3 heteroatoms. The number of nitrogens with two attached hydrogens (primary N) is 1. The maximum absolute atomic E-state index is 5.48. The number of ether oxygens (including phenoxy) is 1. The lowest BCUT2D eigenvalue weighted by Crippen LogP contribution is -2.26. The van der Waals surface area contributed by atoms with Crippen LogP contribution in [0.15, 0.2) is 0 Å². The summed E-state index contributed by atoms with van der Waals surface area (Å²) in [4.78, 5) is 2.44. The number of likely N-dealkylation sites (tertiary alicyclic amines) is 1. The van der Waals surface area contributed by atoms with Crippen molar-refractivity contribution in [2.24, 2.45) is 5.73 Å². The van der Waals surface area contributed by atoms with E-state index < -0.39 is 0 Å². The van der Waals surface area contributed by atoms with Crippen LogP contribution in [-0.2, 0) is 4.74 Å². The van der Waals surface area contributed by atoms with Gasteiger partial charge >= 0.3 is 0 Å². The lowest BCUT2D eigenvalue weighted by atomic mass is 10.1. The van der Waals surface area contributed by atoms with Gasteiger partial charge in [-0.25, -0.2) is 0 Å². The normalized spacial score (nSPS) is 24.0. The van der Waals surface area contributed by atoms with Gasteiger partial charge in [0.05, 0.1) is 0 Å². The second-order valence-corrected chi connectivity index (χ2v) is 3.82. The molecular weight excluding hydrogens is 164 g/mol. The molecule has 0 radical (unpaired) electrons. The molecule has 1 aliphatic heterocycles. The summed E-state index contributed by atoms with van der Waals surface area (Å²) in [6, 6.07) is 0.762. The molecule has 1 saturated heterocycles. The molecule has 1 atom stereocenters. The van der Waals surface area contributed by atoms with Gasteiger partial charge in [-0.1, -0.05) is 0 Å². The summed E-state index contributed by atoms with van der Waals surface area (Å²) in [5.74, 6) is 0. The fraction of sp³-hybridized carbons (Fsp3) is 1.00. The number of hydrogen-bond donors (Lipinski definition) is 1. The zero-order valence-corrected chi connectivity index (χ0v) is 8.67. The van der Waals surface area contributed by atoms with E-state index in [2.05, 4.69) is 11.9 Å². The molecular formula is C10H22N2O. The van der Waals surface area contributed by atoms with Crippen molar-refractivity contribution in [2.75, 3.05) is 33.4 Å². The minimum Gasteiger partial charge on any atom is -0.381 e. The average molecular weight is 186 g/mol. The van der Waals surface area contributed by atoms with Gasteiger partial charge in [0.2, 0.25) is 0 Å². The van der Waals surface area contributed by atoms with Crippen molar-refractivity contribution in [3.05, 3.63) is 0 Å². The molecule has 3 nitrogen and oxygen atoms in total. The van der Waals surface area contributed by atoms with E-state index in [0.717, 1.165) is 32.2 Å². The van der Waals surface area contributed by atoms with E-state index in [4.69, 9.17) is 10.5 Å². The second-order valence-electron chi connectivity index (χ2n) is 3.82. The lowest BCUT2D eigenvalue weighted by molar-refractivity contribution is 0.112. The third kappa shape index (κ3) is 4.07. The first-order chi connectivity index (χ1) is 6.34. The Hall–Kier alpha value is -0.120. The minimum atomic E-state index is 0.739. The van der Waals surface area contributed by atoms with Gasteiger partial charge in [0.1, 0.15) is 0 Å². The van der Waals surface area contributed by atoms with E-state index >= 15 is 0 Å². The van der Waals surface area contributed by atoms with Gasteiger partial charge in [0.15, 0.2) is 0 Å². The lowest BCUT2D eigenvalue weighted by Gasteiger charge is -2.18. The minimum absolute atomic E-state index is 0.739. The average Bonchev–Trinajstić information content (AvgIpc) is 2.52. The molecule has 0 aromatic rings. The predicted octanol–water partition coefficient (Wildman–Crippen LogP) is 0.836.